The molecule has 1 aromatic rings. The van der Waals surface area contributed by atoms with Crippen LogP contribution in [0, 0.1) is 11.8 Å². The van der Waals surface area contributed by atoms with E-state index in [1.807, 2.05) is 6.92 Å². The largest absolute Gasteiger partial charge is 0.493 e. The van der Waals surface area contributed by atoms with Gasteiger partial charge >= 0.3 is 11.9 Å². The van der Waals surface area contributed by atoms with E-state index in [-0.39, 0.29) is 35.8 Å². The van der Waals surface area contributed by atoms with E-state index in [4.69, 9.17) is 18.9 Å². The van der Waals surface area contributed by atoms with Crippen LogP contribution in [-0.2, 0) is 19.1 Å². The summed E-state index contributed by atoms with van der Waals surface area (Å²) in [5.74, 6) is -1.01. The fourth-order valence-electron chi connectivity index (χ4n) is 3.38. The highest BCUT2D eigenvalue weighted by molar-refractivity contribution is 5.98. The molecule has 1 fully saturated rings. The molecular formula is C22H32N2O7. The standard InChI is InChI=1S/C22H32N2O7/c1-13(2)6-7-16-10-14(3)30-22(27)17(12-29-11-16)24-21(26)19-20(31-15(4)25)18(28-5)8-9-23-19/h8-9,13-14,16-17H,6-7,10-12H2,1-5H3,(H,24,26)/t14?,16?,17-/m0/s1. The summed E-state index contributed by atoms with van der Waals surface area (Å²) in [6, 6.07) is 0.447. The van der Waals surface area contributed by atoms with Crippen LogP contribution in [0.5, 0.6) is 11.5 Å². The lowest BCUT2D eigenvalue weighted by Crippen LogP contribution is -2.45. The summed E-state index contributed by atoms with van der Waals surface area (Å²) in [5.41, 5.74) is -0.176. The van der Waals surface area contributed by atoms with Gasteiger partial charge in [0.25, 0.3) is 5.91 Å². The van der Waals surface area contributed by atoms with Gasteiger partial charge in [-0.15, -0.1) is 0 Å². The molecule has 0 aliphatic carbocycles. The second-order valence-corrected chi connectivity index (χ2v) is 8.17. The van der Waals surface area contributed by atoms with E-state index in [1.165, 1.54) is 26.3 Å². The number of pyridine rings is 1. The summed E-state index contributed by atoms with van der Waals surface area (Å²) in [4.78, 5) is 40.9. The van der Waals surface area contributed by atoms with Gasteiger partial charge in [0.05, 0.1) is 19.8 Å². The Hall–Kier alpha value is -2.68. The highest BCUT2D eigenvalue weighted by Gasteiger charge is 2.30. The molecular weight excluding hydrogens is 404 g/mol. The summed E-state index contributed by atoms with van der Waals surface area (Å²) >= 11 is 0. The Kier molecular flexibility index (Phi) is 9.23. The predicted octanol–water partition coefficient (Wildman–Crippen LogP) is 2.52. The molecule has 2 heterocycles. The quantitative estimate of drug-likeness (QED) is 0.649. The maximum atomic E-state index is 12.9. The fourth-order valence-corrected chi connectivity index (χ4v) is 3.38. The van der Waals surface area contributed by atoms with Gasteiger partial charge in [-0.3, -0.25) is 9.59 Å². The highest BCUT2D eigenvalue weighted by Crippen LogP contribution is 2.29. The first-order valence-corrected chi connectivity index (χ1v) is 10.5. The van der Waals surface area contributed by atoms with Crippen molar-refractivity contribution in [1.82, 2.24) is 10.3 Å². The minimum absolute atomic E-state index is 0.0255. The molecule has 0 radical (unpaired) electrons. The average molecular weight is 437 g/mol. The van der Waals surface area contributed by atoms with Crippen molar-refractivity contribution < 1.29 is 33.3 Å². The number of cyclic esters (lactones) is 1. The van der Waals surface area contributed by atoms with E-state index in [0.29, 0.717) is 18.9 Å². The number of carbonyl (C=O) groups excluding carboxylic acids is 3. The summed E-state index contributed by atoms with van der Waals surface area (Å²) in [7, 11) is 1.38. The molecule has 1 aromatic heterocycles. The van der Waals surface area contributed by atoms with E-state index < -0.39 is 23.9 Å². The molecule has 1 amide bonds. The van der Waals surface area contributed by atoms with Crippen molar-refractivity contribution in [3.8, 4) is 11.5 Å². The van der Waals surface area contributed by atoms with E-state index in [9.17, 15) is 14.4 Å². The monoisotopic (exact) mass is 436 g/mol. The summed E-state index contributed by atoms with van der Waals surface area (Å²) in [6.07, 6.45) is 3.80. The lowest BCUT2D eigenvalue weighted by atomic mass is 9.94. The molecule has 2 rings (SSSR count). The van der Waals surface area contributed by atoms with Gasteiger partial charge in [0, 0.05) is 25.8 Å². The van der Waals surface area contributed by atoms with Crippen LogP contribution in [0.2, 0.25) is 0 Å². The molecule has 9 heteroatoms. The van der Waals surface area contributed by atoms with E-state index in [1.54, 1.807) is 0 Å². The number of methoxy groups -OCH3 is 1. The first-order valence-electron chi connectivity index (χ1n) is 10.5. The molecule has 1 aliphatic heterocycles. The minimum atomic E-state index is -1.02. The fraction of sp³-hybridized carbons (Fsp3) is 0.636. The smallest absolute Gasteiger partial charge is 0.331 e. The van der Waals surface area contributed by atoms with Gasteiger partial charge in [-0.1, -0.05) is 20.3 Å². The molecule has 0 aromatic carbocycles. The predicted molar refractivity (Wildman–Crippen MR) is 112 cm³/mol. The summed E-state index contributed by atoms with van der Waals surface area (Å²) in [5, 5.41) is 2.58. The first kappa shape index (κ1) is 24.6. The molecule has 2 unspecified atom stereocenters. The molecule has 172 valence electrons. The SMILES string of the molecule is COc1ccnc(C(=O)N[C@H]2COCC(CCC(C)C)CC(C)OC2=O)c1OC(C)=O. The van der Waals surface area contributed by atoms with Crippen molar-refractivity contribution in [2.75, 3.05) is 20.3 Å². The van der Waals surface area contributed by atoms with Crippen molar-refractivity contribution in [2.24, 2.45) is 11.8 Å². The number of rotatable bonds is 7. The molecule has 31 heavy (non-hydrogen) atoms. The van der Waals surface area contributed by atoms with Crippen LogP contribution in [0.4, 0.5) is 0 Å². The van der Waals surface area contributed by atoms with Gasteiger partial charge in [-0.05, 0) is 31.6 Å². The summed E-state index contributed by atoms with van der Waals surface area (Å²) < 4.78 is 21.6. The van der Waals surface area contributed by atoms with Crippen LogP contribution >= 0.6 is 0 Å². The Morgan fingerprint density at radius 1 is 1.32 bits per heavy atom. The number of carbonyl (C=O) groups is 3. The molecule has 1 saturated heterocycles. The summed E-state index contributed by atoms with van der Waals surface area (Å²) in [6.45, 7) is 7.84. The van der Waals surface area contributed by atoms with Gasteiger partial charge < -0.3 is 24.3 Å². The Bertz CT molecular complexity index is 781. The van der Waals surface area contributed by atoms with E-state index in [2.05, 4.69) is 24.1 Å². The van der Waals surface area contributed by atoms with Crippen LogP contribution in [0.3, 0.4) is 0 Å². The molecule has 1 aliphatic rings. The van der Waals surface area contributed by atoms with Gasteiger partial charge in [-0.25, -0.2) is 9.78 Å². The number of aromatic nitrogens is 1. The second-order valence-electron chi connectivity index (χ2n) is 8.17. The zero-order valence-electron chi connectivity index (χ0n) is 18.8. The van der Waals surface area contributed by atoms with Crippen molar-refractivity contribution in [1.29, 1.82) is 0 Å². The first-order chi connectivity index (χ1) is 14.7. The zero-order chi connectivity index (χ0) is 23.0. The Balaban J connectivity index is 2.13. The van der Waals surface area contributed by atoms with Crippen molar-refractivity contribution >= 4 is 17.8 Å². The van der Waals surface area contributed by atoms with Crippen LogP contribution in [-0.4, -0.2) is 55.3 Å². The third-order valence-electron chi connectivity index (χ3n) is 4.91. The van der Waals surface area contributed by atoms with E-state index in [0.717, 1.165) is 12.8 Å². The van der Waals surface area contributed by atoms with Crippen LogP contribution in [0.15, 0.2) is 12.3 Å². The lowest BCUT2D eigenvalue weighted by Gasteiger charge is -2.20. The molecule has 1 N–H and O–H groups in total. The number of nitrogens with zero attached hydrogens (tertiary/aromatic N) is 1. The van der Waals surface area contributed by atoms with Gasteiger partial charge in [-0.2, -0.15) is 0 Å². The lowest BCUT2D eigenvalue weighted by molar-refractivity contribution is -0.151. The molecule has 0 spiro atoms. The third-order valence-corrected chi connectivity index (χ3v) is 4.91. The average Bonchev–Trinajstić information content (AvgIpc) is 2.75. The third kappa shape index (κ3) is 7.50. The molecule has 3 atom stereocenters. The molecule has 9 nitrogen and oxygen atoms in total. The van der Waals surface area contributed by atoms with Crippen molar-refractivity contribution in [3.05, 3.63) is 18.0 Å². The van der Waals surface area contributed by atoms with Crippen molar-refractivity contribution in [2.45, 2.75) is 59.1 Å². The Morgan fingerprint density at radius 3 is 2.71 bits per heavy atom. The molecule has 0 saturated carbocycles. The number of esters is 2. The highest BCUT2D eigenvalue weighted by atomic mass is 16.6. The van der Waals surface area contributed by atoms with Gasteiger partial charge in [0.15, 0.2) is 17.5 Å². The number of amides is 1. The van der Waals surface area contributed by atoms with E-state index >= 15 is 0 Å². The zero-order valence-corrected chi connectivity index (χ0v) is 18.8. The second kappa shape index (κ2) is 11.6. The number of ether oxygens (including phenoxy) is 4. The number of hydrogen-bond acceptors (Lipinski definition) is 8. The Labute approximate surface area is 182 Å². The minimum Gasteiger partial charge on any atom is -0.493 e. The van der Waals surface area contributed by atoms with Crippen LogP contribution in [0.1, 0.15) is 57.4 Å². The van der Waals surface area contributed by atoms with Gasteiger partial charge in [0.2, 0.25) is 5.75 Å². The number of nitrogens with one attached hydrogen (secondary N) is 1. The van der Waals surface area contributed by atoms with Crippen LogP contribution < -0.4 is 14.8 Å². The van der Waals surface area contributed by atoms with Gasteiger partial charge in [0.1, 0.15) is 0 Å². The van der Waals surface area contributed by atoms with Crippen molar-refractivity contribution in [3.63, 3.8) is 0 Å². The topological polar surface area (TPSA) is 113 Å². The molecule has 0 bridgehead atoms. The van der Waals surface area contributed by atoms with Crippen LogP contribution in [0.25, 0.3) is 0 Å². The normalized spacial score (nSPS) is 22.0. The Morgan fingerprint density at radius 2 is 2.06 bits per heavy atom. The number of hydrogen-bond donors (Lipinski definition) is 1. The maximum absolute atomic E-state index is 12.9. The maximum Gasteiger partial charge on any atom is 0.331 e.